The summed E-state index contributed by atoms with van der Waals surface area (Å²) < 4.78 is 26.3. The number of hydrogen-bond acceptors (Lipinski definition) is 2. The van der Waals surface area contributed by atoms with E-state index in [9.17, 15) is 13.6 Å². The van der Waals surface area contributed by atoms with E-state index in [1.54, 1.807) is 11.1 Å². The molecule has 0 unspecified atom stereocenters. The highest BCUT2D eigenvalue weighted by Gasteiger charge is 2.25. The number of rotatable bonds is 3. The van der Waals surface area contributed by atoms with Crippen molar-refractivity contribution in [2.24, 2.45) is 0 Å². The molecule has 4 nitrogen and oxygen atoms in total. The van der Waals surface area contributed by atoms with Crippen molar-refractivity contribution in [1.29, 1.82) is 0 Å². The van der Waals surface area contributed by atoms with Gasteiger partial charge >= 0.3 is 0 Å². The van der Waals surface area contributed by atoms with Gasteiger partial charge in [0.2, 0.25) is 0 Å². The van der Waals surface area contributed by atoms with Crippen molar-refractivity contribution in [3.8, 4) is 0 Å². The summed E-state index contributed by atoms with van der Waals surface area (Å²) in [5.41, 5.74) is 2.12. The Balaban J connectivity index is 1.66. The first-order valence-corrected chi connectivity index (χ1v) is 7.69. The lowest BCUT2D eigenvalue weighted by molar-refractivity contribution is 0.0709. The summed E-state index contributed by atoms with van der Waals surface area (Å²) in [6, 6.07) is 5.60. The van der Waals surface area contributed by atoms with Crippen LogP contribution in [0.5, 0.6) is 0 Å². The van der Waals surface area contributed by atoms with Crippen molar-refractivity contribution in [2.45, 2.75) is 25.8 Å². The highest BCUT2D eigenvalue weighted by molar-refractivity contribution is 5.92. The van der Waals surface area contributed by atoms with Crippen LogP contribution in [-0.4, -0.2) is 34.9 Å². The summed E-state index contributed by atoms with van der Waals surface area (Å²) in [5, 5.41) is 3.18. The average molecular weight is 319 g/mol. The van der Waals surface area contributed by atoms with Gasteiger partial charge in [0, 0.05) is 37.1 Å². The lowest BCUT2D eigenvalue weighted by Crippen LogP contribution is -2.45. The number of anilines is 1. The van der Waals surface area contributed by atoms with Gasteiger partial charge in [-0.1, -0.05) is 0 Å². The average Bonchev–Trinajstić information content (AvgIpc) is 2.97. The van der Waals surface area contributed by atoms with Gasteiger partial charge in [0.05, 0.1) is 0 Å². The SMILES string of the molecule is Cc1c[nH]c(C(=O)N2CCC[C@H](Nc3ccc(F)c(F)c3)C2)c1. The first-order chi connectivity index (χ1) is 11.0. The number of benzene rings is 1. The quantitative estimate of drug-likeness (QED) is 0.912. The van der Waals surface area contributed by atoms with Gasteiger partial charge in [-0.2, -0.15) is 0 Å². The first kappa shape index (κ1) is 15.5. The molecule has 0 aliphatic carbocycles. The Kier molecular flexibility index (Phi) is 4.32. The predicted octanol–water partition coefficient (Wildman–Crippen LogP) is 3.32. The van der Waals surface area contributed by atoms with Crippen molar-refractivity contribution in [3.05, 3.63) is 53.4 Å². The third-order valence-corrected chi connectivity index (χ3v) is 4.06. The third-order valence-electron chi connectivity index (χ3n) is 4.06. The van der Waals surface area contributed by atoms with Gasteiger partial charge in [0.15, 0.2) is 11.6 Å². The molecule has 0 spiro atoms. The van der Waals surface area contributed by atoms with E-state index in [1.165, 1.54) is 6.07 Å². The lowest BCUT2D eigenvalue weighted by atomic mass is 10.0. The highest BCUT2D eigenvalue weighted by Crippen LogP contribution is 2.19. The number of carbonyl (C=O) groups excluding carboxylic acids is 1. The largest absolute Gasteiger partial charge is 0.380 e. The molecule has 1 aromatic heterocycles. The summed E-state index contributed by atoms with van der Waals surface area (Å²) >= 11 is 0. The van der Waals surface area contributed by atoms with E-state index in [0.29, 0.717) is 24.5 Å². The molecule has 1 amide bonds. The molecule has 3 rings (SSSR count). The predicted molar refractivity (Wildman–Crippen MR) is 84.4 cm³/mol. The number of likely N-dealkylation sites (tertiary alicyclic amines) is 1. The van der Waals surface area contributed by atoms with E-state index in [-0.39, 0.29) is 11.9 Å². The monoisotopic (exact) mass is 319 g/mol. The molecule has 1 aliphatic heterocycles. The van der Waals surface area contributed by atoms with Gasteiger partial charge in [-0.05, 0) is 43.5 Å². The molecule has 2 aromatic rings. The second-order valence-corrected chi connectivity index (χ2v) is 5.95. The molecule has 1 fully saturated rings. The molecular weight excluding hydrogens is 300 g/mol. The van der Waals surface area contributed by atoms with Crippen molar-refractivity contribution in [1.82, 2.24) is 9.88 Å². The zero-order valence-corrected chi connectivity index (χ0v) is 12.9. The molecule has 0 radical (unpaired) electrons. The zero-order valence-electron chi connectivity index (χ0n) is 12.9. The molecule has 1 atom stereocenters. The van der Waals surface area contributed by atoms with E-state index in [2.05, 4.69) is 10.3 Å². The van der Waals surface area contributed by atoms with E-state index >= 15 is 0 Å². The van der Waals surface area contributed by atoms with E-state index < -0.39 is 11.6 Å². The Bertz CT molecular complexity index is 714. The summed E-state index contributed by atoms with van der Waals surface area (Å²) in [4.78, 5) is 17.2. The number of aromatic amines is 1. The van der Waals surface area contributed by atoms with Crippen molar-refractivity contribution in [2.75, 3.05) is 18.4 Å². The van der Waals surface area contributed by atoms with Gasteiger partial charge < -0.3 is 15.2 Å². The van der Waals surface area contributed by atoms with Crippen LogP contribution in [0.2, 0.25) is 0 Å². The number of halogens is 2. The summed E-state index contributed by atoms with van der Waals surface area (Å²) in [7, 11) is 0. The van der Waals surface area contributed by atoms with Crippen LogP contribution in [0, 0.1) is 18.6 Å². The number of carbonyl (C=O) groups is 1. The Morgan fingerprint density at radius 3 is 2.83 bits per heavy atom. The fourth-order valence-corrected chi connectivity index (χ4v) is 2.90. The lowest BCUT2D eigenvalue weighted by Gasteiger charge is -2.33. The van der Waals surface area contributed by atoms with E-state index in [4.69, 9.17) is 0 Å². The smallest absolute Gasteiger partial charge is 0.270 e. The van der Waals surface area contributed by atoms with Crippen molar-refractivity contribution >= 4 is 11.6 Å². The summed E-state index contributed by atoms with van der Waals surface area (Å²) in [5.74, 6) is -1.77. The summed E-state index contributed by atoms with van der Waals surface area (Å²) in [6.07, 6.45) is 3.55. The van der Waals surface area contributed by atoms with Crippen LogP contribution >= 0.6 is 0 Å². The minimum atomic E-state index is -0.874. The molecule has 2 N–H and O–H groups in total. The minimum Gasteiger partial charge on any atom is -0.380 e. The van der Waals surface area contributed by atoms with Crippen molar-refractivity contribution in [3.63, 3.8) is 0 Å². The third kappa shape index (κ3) is 3.52. The molecule has 122 valence electrons. The molecule has 6 heteroatoms. The second-order valence-electron chi connectivity index (χ2n) is 5.95. The van der Waals surface area contributed by atoms with Crippen LogP contribution in [0.3, 0.4) is 0 Å². The fraction of sp³-hybridized carbons (Fsp3) is 0.353. The van der Waals surface area contributed by atoms with E-state index in [0.717, 1.165) is 30.5 Å². The maximum Gasteiger partial charge on any atom is 0.270 e. The fourth-order valence-electron chi connectivity index (χ4n) is 2.90. The number of nitrogens with zero attached hydrogens (tertiary/aromatic N) is 1. The van der Waals surface area contributed by atoms with E-state index in [1.807, 2.05) is 13.0 Å². The molecule has 0 saturated carbocycles. The van der Waals surface area contributed by atoms with Crippen LogP contribution in [0.25, 0.3) is 0 Å². The molecule has 1 saturated heterocycles. The Morgan fingerprint density at radius 1 is 1.30 bits per heavy atom. The summed E-state index contributed by atoms with van der Waals surface area (Å²) in [6.45, 7) is 3.17. The Morgan fingerprint density at radius 2 is 2.13 bits per heavy atom. The molecule has 2 heterocycles. The first-order valence-electron chi connectivity index (χ1n) is 7.69. The maximum absolute atomic E-state index is 13.3. The number of aryl methyl sites for hydroxylation is 1. The topological polar surface area (TPSA) is 48.1 Å². The molecular formula is C17H19F2N3O. The second kappa shape index (κ2) is 6.40. The van der Waals surface area contributed by atoms with Gasteiger partial charge in [0.1, 0.15) is 5.69 Å². The molecule has 1 aliphatic rings. The van der Waals surface area contributed by atoms with Crippen LogP contribution in [0.4, 0.5) is 14.5 Å². The highest BCUT2D eigenvalue weighted by atomic mass is 19.2. The number of aromatic nitrogens is 1. The van der Waals surface area contributed by atoms with Gasteiger partial charge in [-0.25, -0.2) is 8.78 Å². The maximum atomic E-state index is 13.3. The normalized spacial score (nSPS) is 18.0. The number of H-pyrrole nitrogens is 1. The Labute approximate surface area is 133 Å². The van der Waals surface area contributed by atoms with Crippen LogP contribution in [-0.2, 0) is 0 Å². The van der Waals surface area contributed by atoms with Crippen LogP contribution in [0.15, 0.2) is 30.5 Å². The number of hydrogen-bond donors (Lipinski definition) is 2. The molecule has 0 bridgehead atoms. The van der Waals surface area contributed by atoms with Crippen molar-refractivity contribution < 1.29 is 13.6 Å². The molecule has 1 aromatic carbocycles. The van der Waals surface area contributed by atoms with Gasteiger partial charge in [-0.15, -0.1) is 0 Å². The molecule has 23 heavy (non-hydrogen) atoms. The van der Waals surface area contributed by atoms with Gasteiger partial charge in [-0.3, -0.25) is 4.79 Å². The number of piperidine rings is 1. The minimum absolute atomic E-state index is 0.0219. The van der Waals surface area contributed by atoms with Crippen LogP contribution in [0.1, 0.15) is 28.9 Å². The van der Waals surface area contributed by atoms with Crippen LogP contribution < -0.4 is 5.32 Å². The number of nitrogens with one attached hydrogen (secondary N) is 2. The zero-order chi connectivity index (χ0) is 16.4. The Hall–Kier alpha value is -2.37. The number of amides is 1. The standard InChI is InChI=1S/C17H19F2N3O/c1-11-7-16(20-9-11)17(23)22-6-2-3-13(10-22)21-12-4-5-14(18)15(19)8-12/h4-5,7-9,13,20-21H,2-3,6,10H2,1H3/t13-/m0/s1. The van der Waals surface area contributed by atoms with Gasteiger partial charge in [0.25, 0.3) is 5.91 Å².